The molecule has 0 spiro atoms. The highest BCUT2D eigenvalue weighted by atomic mass is 15.3. The summed E-state index contributed by atoms with van der Waals surface area (Å²) >= 11 is 0. The number of rotatable bonds is 8. The summed E-state index contributed by atoms with van der Waals surface area (Å²) in [6.07, 6.45) is 5.09. The van der Waals surface area contributed by atoms with Crippen molar-refractivity contribution in [3.05, 3.63) is 12.2 Å². The van der Waals surface area contributed by atoms with Gasteiger partial charge in [0, 0.05) is 33.1 Å². The Morgan fingerprint density at radius 1 is 1.35 bits per heavy atom. The Morgan fingerprint density at radius 2 is 2.10 bits per heavy atom. The lowest BCUT2D eigenvalue weighted by molar-refractivity contribution is 0.548. The van der Waals surface area contributed by atoms with E-state index in [-0.39, 0.29) is 0 Å². The van der Waals surface area contributed by atoms with Crippen molar-refractivity contribution in [1.29, 1.82) is 0 Å². The van der Waals surface area contributed by atoms with E-state index in [0.717, 1.165) is 43.8 Å². The van der Waals surface area contributed by atoms with Crippen LogP contribution in [0, 0.1) is 5.92 Å². The van der Waals surface area contributed by atoms with E-state index in [9.17, 15) is 0 Å². The van der Waals surface area contributed by atoms with Crippen LogP contribution in [0.3, 0.4) is 0 Å². The van der Waals surface area contributed by atoms with Gasteiger partial charge in [0.15, 0.2) is 5.96 Å². The summed E-state index contributed by atoms with van der Waals surface area (Å²) in [5, 5.41) is 14.6. The molecule has 1 aromatic rings. The SMILES string of the molecule is CCc1nncn1CCNC(=NC)NCCCC(C)C. The average Bonchev–Trinajstić information content (AvgIpc) is 2.88. The van der Waals surface area contributed by atoms with Crippen molar-refractivity contribution >= 4 is 5.96 Å². The van der Waals surface area contributed by atoms with Crippen LogP contribution in [0.25, 0.3) is 0 Å². The number of nitrogens with zero attached hydrogens (tertiary/aromatic N) is 4. The fraction of sp³-hybridized carbons (Fsp3) is 0.786. The number of aromatic nitrogens is 3. The number of guanidine groups is 1. The molecule has 0 aliphatic heterocycles. The Labute approximate surface area is 122 Å². The summed E-state index contributed by atoms with van der Waals surface area (Å²) in [7, 11) is 1.80. The maximum Gasteiger partial charge on any atom is 0.191 e. The van der Waals surface area contributed by atoms with Gasteiger partial charge in [0.2, 0.25) is 0 Å². The molecule has 0 fully saturated rings. The summed E-state index contributed by atoms with van der Waals surface area (Å²) in [4.78, 5) is 4.22. The predicted octanol–water partition coefficient (Wildman–Crippen LogP) is 1.44. The molecular weight excluding hydrogens is 252 g/mol. The third kappa shape index (κ3) is 6.04. The number of aryl methyl sites for hydroxylation is 1. The summed E-state index contributed by atoms with van der Waals surface area (Å²) in [5.74, 6) is 2.64. The summed E-state index contributed by atoms with van der Waals surface area (Å²) < 4.78 is 2.07. The van der Waals surface area contributed by atoms with Gasteiger partial charge in [-0.1, -0.05) is 20.8 Å². The Morgan fingerprint density at radius 3 is 2.75 bits per heavy atom. The van der Waals surface area contributed by atoms with Crippen LogP contribution < -0.4 is 10.6 Å². The van der Waals surface area contributed by atoms with Crippen LogP contribution in [0.1, 0.15) is 39.4 Å². The number of nitrogens with one attached hydrogen (secondary N) is 2. The van der Waals surface area contributed by atoms with Gasteiger partial charge >= 0.3 is 0 Å². The van der Waals surface area contributed by atoms with Gasteiger partial charge in [0.05, 0.1) is 0 Å². The van der Waals surface area contributed by atoms with Gasteiger partial charge in [-0.25, -0.2) is 0 Å². The Kier molecular flexibility index (Phi) is 7.69. The first-order chi connectivity index (χ1) is 9.67. The fourth-order valence-electron chi connectivity index (χ4n) is 1.97. The van der Waals surface area contributed by atoms with Crippen LogP contribution in [0.4, 0.5) is 0 Å². The van der Waals surface area contributed by atoms with Gasteiger partial charge in [-0.3, -0.25) is 4.99 Å². The van der Waals surface area contributed by atoms with Crippen molar-refractivity contribution in [2.24, 2.45) is 10.9 Å². The molecule has 0 aliphatic rings. The molecule has 20 heavy (non-hydrogen) atoms. The first-order valence-corrected chi connectivity index (χ1v) is 7.48. The zero-order chi connectivity index (χ0) is 14.8. The van der Waals surface area contributed by atoms with E-state index in [1.165, 1.54) is 12.8 Å². The maximum atomic E-state index is 4.22. The highest BCUT2D eigenvalue weighted by Gasteiger charge is 2.02. The molecule has 0 radical (unpaired) electrons. The highest BCUT2D eigenvalue weighted by Crippen LogP contribution is 2.01. The molecular formula is C14H28N6. The van der Waals surface area contributed by atoms with Gasteiger partial charge in [0.25, 0.3) is 0 Å². The zero-order valence-corrected chi connectivity index (χ0v) is 13.2. The standard InChI is InChI=1S/C14H28N6/c1-5-13-19-18-11-20(13)10-9-17-14(15-4)16-8-6-7-12(2)3/h11-12H,5-10H2,1-4H3,(H2,15,16,17). The van der Waals surface area contributed by atoms with Gasteiger partial charge in [-0.2, -0.15) is 0 Å². The molecule has 0 saturated heterocycles. The van der Waals surface area contributed by atoms with E-state index in [4.69, 9.17) is 0 Å². The predicted molar refractivity (Wildman–Crippen MR) is 82.8 cm³/mol. The second-order valence-electron chi connectivity index (χ2n) is 5.26. The van der Waals surface area contributed by atoms with Gasteiger partial charge in [0.1, 0.15) is 12.2 Å². The molecule has 1 heterocycles. The molecule has 0 bridgehead atoms. The Balaban J connectivity index is 2.21. The third-order valence-electron chi connectivity index (χ3n) is 3.13. The Hall–Kier alpha value is -1.59. The van der Waals surface area contributed by atoms with E-state index in [2.05, 4.69) is 51.2 Å². The van der Waals surface area contributed by atoms with Crippen molar-refractivity contribution < 1.29 is 0 Å². The van der Waals surface area contributed by atoms with Crippen LogP contribution in [-0.4, -0.2) is 40.9 Å². The van der Waals surface area contributed by atoms with Gasteiger partial charge in [-0.05, 0) is 18.8 Å². The van der Waals surface area contributed by atoms with Gasteiger partial charge in [-0.15, -0.1) is 10.2 Å². The lowest BCUT2D eigenvalue weighted by Crippen LogP contribution is -2.39. The van der Waals surface area contributed by atoms with E-state index >= 15 is 0 Å². The average molecular weight is 280 g/mol. The second-order valence-corrected chi connectivity index (χ2v) is 5.26. The molecule has 6 heteroatoms. The summed E-state index contributed by atoms with van der Waals surface area (Å²) in [5.41, 5.74) is 0. The summed E-state index contributed by atoms with van der Waals surface area (Å²) in [6, 6.07) is 0. The second kappa shape index (κ2) is 9.34. The minimum absolute atomic E-state index is 0.757. The van der Waals surface area contributed by atoms with Crippen molar-refractivity contribution in [2.75, 3.05) is 20.1 Å². The normalized spacial score (nSPS) is 11.9. The first-order valence-electron chi connectivity index (χ1n) is 7.48. The molecule has 0 atom stereocenters. The van der Waals surface area contributed by atoms with Crippen molar-refractivity contribution in [3.63, 3.8) is 0 Å². The number of aliphatic imine (C=N–C) groups is 1. The number of hydrogen-bond donors (Lipinski definition) is 2. The lowest BCUT2D eigenvalue weighted by atomic mass is 10.1. The van der Waals surface area contributed by atoms with E-state index in [0.29, 0.717) is 0 Å². The molecule has 0 aromatic carbocycles. The Bertz CT molecular complexity index is 396. The molecule has 0 aliphatic carbocycles. The van der Waals surface area contributed by atoms with Crippen molar-refractivity contribution in [1.82, 2.24) is 25.4 Å². The minimum Gasteiger partial charge on any atom is -0.356 e. The molecule has 1 aromatic heterocycles. The molecule has 2 N–H and O–H groups in total. The largest absolute Gasteiger partial charge is 0.356 e. The van der Waals surface area contributed by atoms with E-state index in [1.54, 1.807) is 13.4 Å². The summed E-state index contributed by atoms with van der Waals surface area (Å²) in [6.45, 7) is 9.21. The minimum atomic E-state index is 0.757. The first kappa shape index (κ1) is 16.5. The van der Waals surface area contributed by atoms with Crippen LogP contribution >= 0.6 is 0 Å². The molecule has 114 valence electrons. The molecule has 0 amide bonds. The maximum absolute atomic E-state index is 4.22. The molecule has 1 rings (SSSR count). The van der Waals surface area contributed by atoms with Crippen LogP contribution in [0.2, 0.25) is 0 Å². The topological polar surface area (TPSA) is 67.1 Å². The van der Waals surface area contributed by atoms with Crippen LogP contribution in [0.15, 0.2) is 11.3 Å². The molecule has 6 nitrogen and oxygen atoms in total. The smallest absolute Gasteiger partial charge is 0.191 e. The van der Waals surface area contributed by atoms with Crippen molar-refractivity contribution in [3.8, 4) is 0 Å². The fourth-order valence-corrected chi connectivity index (χ4v) is 1.97. The van der Waals surface area contributed by atoms with Crippen LogP contribution in [0.5, 0.6) is 0 Å². The van der Waals surface area contributed by atoms with Gasteiger partial charge < -0.3 is 15.2 Å². The lowest BCUT2D eigenvalue weighted by Gasteiger charge is -2.13. The monoisotopic (exact) mass is 280 g/mol. The highest BCUT2D eigenvalue weighted by molar-refractivity contribution is 5.79. The third-order valence-corrected chi connectivity index (χ3v) is 3.13. The number of hydrogen-bond acceptors (Lipinski definition) is 3. The van der Waals surface area contributed by atoms with Crippen LogP contribution in [-0.2, 0) is 13.0 Å². The van der Waals surface area contributed by atoms with E-state index in [1.807, 2.05) is 0 Å². The quantitative estimate of drug-likeness (QED) is 0.429. The zero-order valence-electron chi connectivity index (χ0n) is 13.2. The van der Waals surface area contributed by atoms with Crippen molar-refractivity contribution in [2.45, 2.75) is 46.6 Å². The molecule has 0 saturated carbocycles. The molecule has 0 unspecified atom stereocenters. The van der Waals surface area contributed by atoms with E-state index < -0.39 is 0 Å².